The molecule has 1 atom stereocenters. The van der Waals surface area contributed by atoms with E-state index < -0.39 is 34.4 Å². The number of hydrogen-bond donors (Lipinski definition) is 1. The minimum atomic E-state index is -4.74. The van der Waals surface area contributed by atoms with Crippen LogP contribution in [-0.2, 0) is 11.0 Å². The highest BCUT2D eigenvalue weighted by Crippen LogP contribution is 2.39. The normalized spacial score (nSPS) is 12.0. The van der Waals surface area contributed by atoms with Crippen LogP contribution in [0.4, 0.5) is 30.2 Å². The molecule has 29 heavy (non-hydrogen) atoms. The first kappa shape index (κ1) is 21.6. The fraction of sp³-hybridized carbons (Fsp3) is 0.211. The summed E-state index contributed by atoms with van der Waals surface area (Å²) in [7, 11) is 0. The summed E-state index contributed by atoms with van der Waals surface area (Å²) >= 11 is 0. The summed E-state index contributed by atoms with van der Waals surface area (Å²) in [5, 5.41) is 20.2. The van der Waals surface area contributed by atoms with Gasteiger partial charge >= 0.3 is 12.1 Å². The molecule has 0 spiro atoms. The van der Waals surface area contributed by atoms with Gasteiger partial charge in [0.05, 0.1) is 17.0 Å². The number of carboxylic acid groups (broad SMARTS) is 1. The highest BCUT2D eigenvalue weighted by molar-refractivity contribution is 5.74. The number of nitro benzene ring substituents is 1. The van der Waals surface area contributed by atoms with Crippen molar-refractivity contribution >= 4 is 23.0 Å². The summed E-state index contributed by atoms with van der Waals surface area (Å²) in [4.78, 5) is 22.6. The third-order valence-corrected chi connectivity index (χ3v) is 3.85. The Morgan fingerprint density at radius 3 is 2.41 bits per heavy atom. The van der Waals surface area contributed by atoms with Crippen molar-refractivity contribution in [2.45, 2.75) is 19.2 Å². The Balaban J connectivity index is 2.45. The summed E-state index contributed by atoms with van der Waals surface area (Å²) in [6.07, 6.45) is -0.507. The molecule has 10 heteroatoms. The van der Waals surface area contributed by atoms with E-state index in [-0.39, 0.29) is 18.0 Å². The average Bonchev–Trinajstić information content (AvgIpc) is 2.65. The van der Waals surface area contributed by atoms with Gasteiger partial charge in [0, 0.05) is 11.8 Å². The van der Waals surface area contributed by atoms with Crippen molar-refractivity contribution in [1.29, 1.82) is 0 Å². The quantitative estimate of drug-likeness (QED) is 0.419. The standard InChI is InChI=1S/C19H15F3N2O5/c1-3-10-23(14-5-7-15(8-6-14)29-12(2)18(25)26)16-9-4-13(19(20,21)22)11-17(16)24(27)28/h1,4-9,11-12H,10H2,2H3,(H,25,26). The molecule has 0 saturated carbocycles. The lowest BCUT2D eigenvalue weighted by molar-refractivity contribution is -0.384. The number of anilines is 2. The molecule has 0 aliphatic rings. The summed E-state index contributed by atoms with van der Waals surface area (Å²) in [6, 6.07) is 7.94. The summed E-state index contributed by atoms with van der Waals surface area (Å²) in [5.41, 5.74) is -1.68. The van der Waals surface area contributed by atoms with Gasteiger partial charge in [-0.05, 0) is 43.3 Å². The van der Waals surface area contributed by atoms with Crippen molar-refractivity contribution < 1.29 is 32.7 Å². The Hall–Kier alpha value is -3.74. The number of nitro groups is 1. The van der Waals surface area contributed by atoms with E-state index in [1.54, 1.807) is 0 Å². The number of nitrogens with zero attached hydrogens (tertiary/aromatic N) is 2. The molecule has 0 saturated heterocycles. The molecule has 2 rings (SSSR count). The summed E-state index contributed by atoms with van der Waals surface area (Å²) in [6.45, 7) is 1.18. The van der Waals surface area contributed by atoms with E-state index in [2.05, 4.69) is 5.92 Å². The smallest absolute Gasteiger partial charge is 0.416 e. The van der Waals surface area contributed by atoms with Crippen LogP contribution in [0.25, 0.3) is 0 Å². The third kappa shape index (κ3) is 5.16. The molecule has 0 aromatic heterocycles. The van der Waals surface area contributed by atoms with Gasteiger partial charge in [-0.25, -0.2) is 4.79 Å². The highest BCUT2D eigenvalue weighted by Gasteiger charge is 2.34. The first-order chi connectivity index (χ1) is 13.5. The van der Waals surface area contributed by atoms with E-state index in [0.717, 1.165) is 12.1 Å². The van der Waals surface area contributed by atoms with Crippen LogP contribution in [0, 0.1) is 22.5 Å². The van der Waals surface area contributed by atoms with E-state index in [1.807, 2.05) is 0 Å². The van der Waals surface area contributed by atoms with Crippen LogP contribution < -0.4 is 9.64 Å². The number of hydrogen-bond acceptors (Lipinski definition) is 5. The third-order valence-electron chi connectivity index (χ3n) is 3.85. The number of rotatable bonds is 7. The van der Waals surface area contributed by atoms with Crippen LogP contribution in [0.3, 0.4) is 0 Å². The number of halogens is 3. The summed E-state index contributed by atoms with van der Waals surface area (Å²) in [5.74, 6) is 1.37. The molecule has 2 aromatic carbocycles. The molecule has 0 radical (unpaired) electrons. The molecule has 0 bridgehead atoms. The fourth-order valence-electron chi connectivity index (χ4n) is 2.44. The molecule has 152 valence electrons. The van der Waals surface area contributed by atoms with Crippen LogP contribution in [0.1, 0.15) is 12.5 Å². The Bertz CT molecular complexity index is 952. The SMILES string of the molecule is C#CCN(c1ccc(OC(C)C(=O)O)cc1)c1ccc(C(F)(F)F)cc1[N+](=O)[O-]. The largest absolute Gasteiger partial charge is 0.479 e. The van der Waals surface area contributed by atoms with E-state index in [4.69, 9.17) is 16.3 Å². The maximum Gasteiger partial charge on any atom is 0.416 e. The highest BCUT2D eigenvalue weighted by atomic mass is 19.4. The second-order valence-corrected chi connectivity index (χ2v) is 5.84. The van der Waals surface area contributed by atoms with Crippen molar-refractivity contribution in [2.75, 3.05) is 11.4 Å². The first-order valence-corrected chi connectivity index (χ1v) is 8.10. The lowest BCUT2D eigenvalue weighted by Gasteiger charge is -2.23. The van der Waals surface area contributed by atoms with E-state index in [0.29, 0.717) is 11.8 Å². The Morgan fingerprint density at radius 1 is 1.31 bits per heavy atom. The molecule has 0 aliphatic carbocycles. The number of carboxylic acids is 1. The molecular weight excluding hydrogens is 393 g/mol. The minimum Gasteiger partial charge on any atom is -0.479 e. The van der Waals surface area contributed by atoms with Crippen molar-refractivity contribution in [2.24, 2.45) is 0 Å². The van der Waals surface area contributed by atoms with Gasteiger partial charge < -0.3 is 14.7 Å². The number of carbonyl (C=O) groups is 1. The lowest BCUT2D eigenvalue weighted by Crippen LogP contribution is -2.23. The molecule has 0 fully saturated rings. The molecule has 0 amide bonds. The monoisotopic (exact) mass is 408 g/mol. The second-order valence-electron chi connectivity index (χ2n) is 5.84. The predicted molar refractivity (Wildman–Crippen MR) is 98.1 cm³/mol. The zero-order valence-corrected chi connectivity index (χ0v) is 15.0. The number of benzene rings is 2. The lowest BCUT2D eigenvalue weighted by atomic mass is 10.1. The van der Waals surface area contributed by atoms with E-state index in [9.17, 15) is 28.1 Å². The van der Waals surface area contributed by atoms with Crippen LogP contribution in [0.5, 0.6) is 5.75 Å². The van der Waals surface area contributed by atoms with E-state index in [1.165, 1.54) is 36.1 Å². The minimum absolute atomic E-state index is 0.117. The topological polar surface area (TPSA) is 92.9 Å². The van der Waals surface area contributed by atoms with Gasteiger partial charge in [0.2, 0.25) is 0 Å². The van der Waals surface area contributed by atoms with Crippen LogP contribution >= 0.6 is 0 Å². The fourth-order valence-corrected chi connectivity index (χ4v) is 2.44. The number of alkyl halides is 3. The van der Waals surface area contributed by atoms with Gasteiger partial charge in [0.15, 0.2) is 6.10 Å². The Morgan fingerprint density at radius 2 is 1.93 bits per heavy atom. The molecule has 7 nitrogen and oxygen atoms in total. The Kier molecular flexibility index (Phi) is 6.33. The molecule has 2 aromatic rings. The van der Waals surface area contributed by atoms with Gasteiger partial charge in [0.25, 0.3) is 5.69 Å². The molecule has 0 aliphatic heterocycles. The first-order valence-electron chi connectivity index (χ1n) is 8.10. The Labute approximate surface area is 163 Å². The van der Waals surface area contributed by atoms with Gasteiger partial charge in [0.1, 0.15) is 11.4 Å². The van der Waals surface area contributed by atoms with Crippen molar-refractivity contribution in [3.63, 3.8) is 0 Å². The van der Waals surface area contributed by atoms with Crippen molar-refractivity contribution in [1.82, 2.24) is 0 Å². The van der Waals surface area contributed by atoms with Crippen molar-refractivity contribution in [3.05, 3.63) is 58.1 Å². The van der Waals surface area contributed by atoms with Crippen LogP contribution in [0.2, 0.25) is 0 Å². The zero-order chi connectivity index (χ0) is 21.8. The van der Waals surface area contributed by atoms with Gasteiger partial charge in [-0.15, -0.1) is 6.42 Å². The van der Waals surface area contributed by atoms with Crippen LogP contribution in [0.15, 0.2) is 42.5 Å². The number of ether oxygens (including phenoxy) is 1. The number of terminal acetylenes is 1. The van der Waals surface area contributed by atoms with Crippen molar-refractivity contribution in [3.8, 4) is 18.1 Å². The van der Waals surface area contributed by atoms with Gasteiger partial charge in [-0.1, -0.05) is 5.92 Å². The van der Waals surface area contributed by atoms with E-state index >= 15 is 0 Å². The predicted octanol–water partition coefficient (Wildman–Crippen LogP) is 4.24. The molecule has 1 unspecified atom stereocenters. The zero-order valence-electron chi connectivity index (χ0n) is 15.0. The second kappa shape index (κ2) is 8.52. The summed E-state index contributed by atoms with van der Waals surface area (Å²) < 4.78 is 43.9. The molecule has 0 heterocycles. The maximum atomic E-state index is 12.9. The average molecular weight is 408 g/mol. The molecule has 1 N–H and O–H groups in total. The molecular formula is C19H15F3N2O5. The van der Waals surface area contributed by atoms with Gasteiger partial charge in [-0.3, -0.25) is 10.1 Å². The van der Waals surface area contributed by atoms with Crippen LogP contribution in [-0.4, -0.2) is 28.6 Å². The maximum absolute atomic E-state index is 12.9. The number of aliphatic carboxylic acids is 1. The van der Waals surface area contributed by atoms with Gasteiger partial charge in [-0.2, -0.15) is 13.2 Å².